The molecule has 1 aromatic carbocycles. The van der Waals surface area contributed by atoms with Gasteiger partial charge in [-0.1, -0.05) is 29.8 Å². The molecule has 84 valence electrons. The van der Waals surface area contributed by atoms with Gasteiger partial charge in [0.1, 0.15) is 5.92 Å². The maximum Gasteiger partial charge on any atom is 0.113 e. The summed E-state index contributed by atoms with van der Waals surface area (Å²) in [6.45, 7) is 2.02. The molecule has 0 fully saturated rings. The van der Waals surface area contributed by atoms with Crippen LogP contribution in [0, 0.1) is 18.3 Å². The van der Waals surface area contributed by atoms with E-state index < -0.39 is 0 Å². The zero-order chi connectivity index (χ0) is 12.3. The lowest BCUT2D eigenvalue weighted by molar-refractivity contribution is 0.966. The topological polar surface area (TPSA) is 62.7 Å². The Kier molecular flexibility index (Phi) is 3.06. The fraction of sp³-hybridized carbons (Fsp3) is 0.143. The van der Waals surface area contributed by atoms with E-state index in [-0.39, 0.29) is 5.92 Å². The van der Waals surface area contributed by atoms with Gasteiger partial charge in [-0.3, -0.25) is 4.98 Å². The number of hydrogen-bond acceptors (Lipinski definition) is 3. The molecule has 1 atom stereocenters. The fourth-order valence-electron chi connectivity index (χ4n) is 1.66. The molecule has 0 saturated heterocycles. The van der Waals surface area contributed by atoms with Crippen LogP contribution in [0.1, 0.15) is 22.7 Å². The summed E-state index contributed by atoms with van der Waals surface area (Å²) in [6.07, 6.45) is 1.58. The quantitative estimate of drug-likeness (QED) is 0.851. The summed E-state index contributed by atoms with van der Waals surface area (Å²) in [6, 6.07) is 13.7. The van der Waals surface area contributed by atoms with E-state index in [0.29, 0.717) is 5.69 Å². The van der Waals surface area contributed by atoms with E-state index in [9.17, 15) is 5.26 Å². The third-order valence-electron chi connectivity index (χ3n) is 2.64. The number of nitriles is 1. The van der Waals surface area contributed by atoms with Crippen molar-refractivity contribution in [1.29, 1.82) is 5.26 Å². The van der Waals surface area contributed by atoms with Crippen LogP contribution in [0.5, 0.6) is 0 Å². The van der Waals surface area contributed by atoms with Crippen molar-refractivity contribution >= 4 is 5.69 Å². The second-order valence-electron chi connectivity index (χ2n) is 3.99. The molecule has 0 spiro atoms. The molecule has 3 heteroatoms. The van der Waals surface area contributed by atoms with Gasteiger partial charge in [0.05, 0.1) is 23.6 Å². The highest BCUT2D eigenvalue weighted by Gasteiger charge is 2.14. The molecule has 0 saturated carbocycles. The molecule has 3 nitrogen and oxygen atoms in total. The Morgan fingerprint density at radius 1 is 1.18 bits per heavy atom. The van der Waals surface area contributed by atoms with Crippen LogP contribution in [0.15, 0.2) is 42.6 Å². The molecule has 1 unspecified atom stereocenters. The van der Waals surface area contributed by atoms with Gasteiger partial charge in [-0.25, -0.2) is 0 Å². The lowest BCUT2D eigenvalue weighted by atomic mass is 9.96. The van der Waals surface area contributed by atoms with Crippen molar-refractivity contribution in [2.24, 2.45) is 0 Å². The first-order valence-corrected chi connectivity index (χ1v) is 5.38. The Labute approximate surface area is 101 Å². The molecule has 0 amide bonds. The van der Waals surface area contributed by atoms with E-state index in [0.717, 1.165) is 11.3 Å². The van der Waals surface area contributed by atoms with Gasteiger partial charge in [-0.05, 0) is 24.6 Å². The van der Waals surface area contributed by atoms with E-state index in [1.54, 1.807) is 18.3 Å². The van der Waals surface area contributed by atoms with E-state index in [1.165, 1.54) is 5.56 Å². The van der Waals surface area contributed by atoms with Crippen molar-refractivity contribution < 1.29 is 0 Å². The van der Waals surface area contributed by atoms with Crippen LogP contribution in [0.3, 0.4) is 0 Å². The van der Waals surface area contributed by atoms with E-state index in [4.69, 9.17) is 5.73 Å². The molecule has 17 heavy (non-hydrogen) atoms. The smallest absolute Gasteiger partial charge is 0.113 e. The lowest BCUT2D eigenvalue weighted by Gasteiger charge is -2.09. The summed E-state index contributed by atoms with van der Waals surface area (Å²) in [4.78, 5) is 4.20. The van der Waals surface area contributed by atoms with Crippen molar-refractivity contribution in [2.75, 3.05) is 5.73 Å². The Morgan fingerprint density at radius 3 is 2.41 bits per heavy atom. The van der Waals surface area contributed by atoms with Gasteiger partial charge in [0.2, 0.25) is 0 Å². The average Bonchev–Trinajstić information content (AvgIpc) is 2.35. The molecule has 2 N–H and O–H groups in total. The molecule has 0 aliphatic carbocycles. The number of nitrogen functional groups attached to an aromatic ring is 1. The van der Waals surface area contributed by atoms with E-state index >= 15 is 0 Å². The molecule has 2 aromatic rings. The number of benzene rings is 1. The molecular weight excluding hydrogens is 210 g/mol. The summed E-state index contributed by atoms with van der Waals surface area (Å²) in [5.74, 6) is -0.337. The molecule has 2 rings (SSSR count). The number of nitrogens with zero attached hydrogens (tertiary/aromatic N) is 2. The SMILES string of the molecule is Cc1ccc(C(C#N)c2ccc(N)cn2)cc1. The minimum atomic E-state index is -0.337. The van der Waals surface area contributed by atoms with Crippen LogP contribution in [0.4, 0.5) is 5.69 Å². The van der Waals surface area contributed by atoms with Crippen LogP contribution in [-0.4, -0.2) is 4.98 Å². The number of aryl methyl sites for hydroxylation is 1. The Balaban J connectivity index is 2.37. The summed E-state index contributed by atoms with van der Waals surface area (Å²) in [7, 11) is 0. The van der Waals surface area contributed by atoms with Crippen LogP contribution in [-0.2, 0) is 0 Å². The molecule has 1 heterocycles. The maximum atomic E-state index is 9.25. The van der Waals surface area contributed by atoms with E-state index in [2.05, 4.69) is 11.1 Å². The Hall–Kier alpha value is -2.34. The minimum absolute atomic E-state index is 0.337. The van der Waals surface area contributed by atoms with Crippen LogP contribution < -0.4 is 5.73 Å². The van der Waals surface area contributed by atoms with Crippen molar-refractivity contribution in [3.8, 4) is 6.07 Å². The second-order valence-corrected chi connectivity index (χ2v) is 3.99. The van der Waals surface area contributed by atoms with Gasteiger partial charge in [0.15, 0.2) is 0 Å². The summed E-state index contributed by atoms with van der Waals surface area (Å²) < 4.78 is 0. The van der Waals surface area contributed by atoms with Crippen molar-refractivity contribution in [2.45, 2.75) is 12.8 Å². The predicted molar refractivity (Wildman–Crippen MR) is 67.3 cm³/mol. The van der Waals surface area contributed by atoms with Gasteiger partial charge in [0, 0.05) is 0 Å². The Morgan fingerprint density at radius 2 is 1.88 bits per heavy atom. The van der Waals surface area contributed by atoms with Crippen LogP contribution in [0.25, 0.3) is 0 Å². The number of aromatic nitrogens is 1. The van der Waals surface area contributed by atoms with Crippen LogP contribution in [0.2, 0.25) is 0 Å². The molecule has 0 aliphatic heterocycles. The minimum Gasteiger partial charge on any atom is -0.397 e. The van der Waals surface area contributed by atoms with Crippen molar-refractivity contribution in [1.82, 2.24) is 4.98 Å². The first-order chi connectivity index (χ1) is 8.20. The number of pyridine rings is 1. The number of rotatable bonds is 2. The highest BCUT2D eigenvalue weighted by Crippen LogP contribution is 2.22. The fourth-order valence-corrected chi connectivity index (χ4v) is 1.66. The number of nitrogens with two attached hydrogens (primary N) is 1. The molecule has 0 radical (unpaired) electrons. The highest BCUT2D eigenvalue weighted by atomic mass is 14.7. The van der Waals surface area contributed by atoms with Gasteiger partial charge in [-0.2, -0.15) is 5.26 Å². The lowest BCUT2D eigenvalue weighted by Crippen LogP contribution is -2.01. The van der Waals surface area contributed by atoms with Crippen molar-refractivity contribution in [3.63, 3.8) is 0 Å². The summed E-state index contributed by atoms with van der Waals surface area (Å²) >= 11 is 0. The van der Waals surface area contributed by atoms with Gasteiger partial charge in [0.25, 0.3) is 0 Å². The molecule has 1 aromatic heterocycles. The third-order valence-corrected chi connectivity index (χ3v) is 2.64. The monoisotopic (exact) mass is 223 g/mol. The average molecular weight is 223 g/mol. The zero-order valence-corrected chi connectivity index (χ0v) is 9.59. The van der Waals surface area contributed by atoms with E-state index in [1.807, 2.05) is 31.2 Å². The molecule has 0 bridgehead atoms. The van der Waals surface area contributed by atoms with Crippen LogP contribution >= 0.6 is 0 Å². The Bertz CT molecular complexity index is 490. The summed E-state index contributed by atoms with van der Waals surface area (Å²) in [5.41, 5.74) is 9.05. The largest absolute Gasteiger partial charge is 0.397 e. The number of anilines is 1. The van der Waals surface area contributed by atoms with Gasteiger partial charge < -0.3 is 5.73 Å². The predicted octanol–water partition coefficient (Wildman–Crippen LogP) is 2.63. The van der Waals surface area contributed by atoms with Gasteiger partial charge in [-0.15, -0.1) is 0 Å². The normalized spacial score (nSPS) is 11.8. The highest BCUT2D eigenvalue weighted by molar-refractivity contribution is 5.40. The molecule has 0 aliphatic rings. The summed E-state index contributed by atoms with van der Waals surface area (Å²) in [5, 5.41) is 9.25. The first kappa shape index (κ1) is 11.2. The second kappa shape index (κ2) is 4.67. The first-order valence-electron chi connectivity index (χ1n) is 5.38. The number of hydrogen-bond donors (Lipinski definition) is 1. The maximum absolute atomic E-state index is 9.25. The zero-order valence-electron chi connectivity index (χ0n) is 9.59. The van der Waals surface area contributed by atoms with Gasteiger partial charge >= 0.3 is 0 Å². The third kappa shape index (κ3) is 2.43. The standard InChI is InChI=1S/C14H13N3/c1-10-2-4-11(5-3-10)13(8-15)14-7-6-12(16)9-17-14/h2-7,9,13H,16H2,1H3. The van der Waals surface area contributed by atoms with Crippen molar-refractivity contribution in [3.05, 3.63) is 59.4 Å². The molecular formula is C14H13N3.